The zero-order valence-corrected chi connectivity index (χ0v) is 21.2. The van der Waals surface area contributed by atoms with Crippen LogP contribution >= 0.6 is 0 Å². The first-order valence-corrected chi connectivity index (χ1v) is 12.9. The number of hydrogen-bond donors (Lipinski definition) is 0. The molecule has 0 bridgehead atoms. The van der Waals surface area contributed by atoms with Crippen molar-refractivity contribution < 1.29 is 4.57 Å². The van der Waals surface area contributed by atoms with E-state index in [0.29, 0.717) is 0 Å². The second-order valence-electron chi connectivity index (χ2n) is 9.25. The van der Waals surface area contributed by atoms with Crippen molar-refractivity contribution in [1.29, 1.82) is 0 Å². The number of fused-ring (bicyclic) bond motifs is 1. The van der Waals surface area contributed by atoms with Crippen molar-refractivity contribution in [3.63, 3.8) is 0 Å². The summed E-state index contributed by atoms with van der Waals surface area (Å²) in [6.07, 6.45) is 2.54. The number of benzene rings is 5. The topological polar surface area (TPSA) is 16.8 Å². The number of rotatable bonds is 5. The average Bonchev–Trinajstić information content (AvgIpc) is 3.00. The van der Waals surface area contributed by atoms with E-state index in [1.54, 1.807) is 0 Å². The van der Waals surface area contributed by atoms with Crippen molar-refractivity contribution in [2.24, 2.45) is 0 Å². The minimum atomic E-state index is -1.22. The van der Waals surface area contributed by atoms with Crippen LogP contribution in [-0.4, -0.2) is 11.1 Å². The summed E-state index contributed by atoms with van der Waals surface area (Å²) in [6.45, 7) is 3.09. The van der Waals surface area contributed by atoms with Gasteiger partial charge in [0.15, 0.2) is 6.20 Å². The van der Waals surface area contributed by atoms with E-state index in [1.807, 2.05) is 18.6 Å². The van der Waals surface area contributed by atoms with Crippen LogP contribution in [0, 0.1) is 0 Å². The molecule has 37 heavy (non-hydrogen) atoms. The fourth-order valence-electron chi connectivity index (χ4n) is 5.49. The summed E-state index contributed by atoms with van der Waals surface area (Å²) in [5.41, 5.74) is 6.60. The van der Waals surface area contributed by atoms with E-state index in [-0.39, 0.29) is 0 Å². The lowest BCUT2D eigenvalue weighted by atomic mass is 9.13. The van der Waals surface area contributed by atoms with Crippen molar-refractivity contribution in [2.45, 2.75) is 13.5 Å². The van der Waals surface area contributed by atoms with Crippen LogP contribution in [0.15, 0.2) is 158 Å². The third-order valence-corrected chi connectivity index (χ3v) is 7.20. The molecule has 2 nitrogen and oxygen atoms in total. The Morgan fingerprint density at radius 3 is 1.30 bits per heavy atom. The molecule has 0 aliphatic carbocycles. The summed E-state index contributed by atoms with van der Waals surface area (Å²) >= 11 is 0. The first-order valence-electron chi connectivity index (χ1n) is 12.9. The maximum atomic E-state index is 4.15. The molecule has 0 atom stereocenters. The third kappa shape index (κ3) is 4.94. The molecular formula is C34H31BN2. The van der Waals surface area contributed by atoms with Gasteiger partial charge in [-0.25, -0.2) is 4.57 Å². The van der Waals surface area contributed by atoms with E-state index >= 15 is 0 Å². The predicted molar refractivity (Wildman–Crippen MR) is 158 cm³/mol. The van der Waals surface area contributed by atoms with Crippen LogP contribution in [0.4, 0.5) is 0 Å². The van der Waals surface area contributed by atoms with E-state index < -0.39 is 6.15 Å². The summed E-state index contributed by atoms with van der Waals surface area (Å²) in [7, 11) is 0. The van der Waals surface area contributed by atoms with Gasteiger partial charge in [-0.05, 0) is 19.1 Å². The van der Waals surface area contributed by atoms with Crippen LogP contribution in [0.5, 0.6) is 0 Å². The molecule has 0 saturated heterocycles. The van der Waals surface area contributed by atoms with Gasteiger partial charge in [-0.2, -0.15) is 21.9 Å². The van der Waals surface area contributed by atoms with Gasteiger partial charge in [0.2, 0.25) is 0 Å². The number of hydrogen-bond acceptors (Lipinski definition) is 1. The number of aryl methyl sites for hydroxylation is 1. The van der Waals surface area contributed by atoms with Gasteiger partial charge in [-0.1, -0.05) is 138 Å². The highest BCUT2D eigenvalue weighted by molar-refractivity contribution is 7.19. The molecule has 0 N–H and O–H groups in total. The molecule has 0 saturated carbocycles. The lowest BCUT2D eigenvalue weighted by Crippen LogP contribution is -2.74. The maximum absolute atomic E-state index is 4.15. The number of para-hydroxylation sites is 1. The molecule has 0 fully saturated rings. The van der Waals surface area contributed by atoms with Gasteiger partial charge in [0, 0.05) is 0 Å². The molecule has 0 radical (unpaired) electrons. The van der Waals surface area contributed by atoms with E-state index in [0.717, 1.165) is 6.54 Å². The molecule has 3 heteroatoms. The van der Waals surface area contributed by atoms with E-state index in [4.69, 9.17) is 0 Å². The van der Waals surface area contributed by atoms with Gasteiger partial charge in [0.05, 0.1) is 11.9 Å². The summed E-state index contributed by atoms with van der Waals surface area (Å²) in [6, 6.07) is 51.8. The Hall–Kier alpha value is -4.50. The fourth-order valence-corrected chi connectivity index (χ4v) is 5.49. The molecule has 5 aromatic carbocycles. The lowest BCUT2D eigenvalue weighted by Gasteiger charge is -2.44. The normalized spacial score (nSPS) is 10.9. The van der Waals surface area contributed by atoms with Gasteiger partial charge < -0.3 is 0 Å². The van der Waals surface area contributed by atoms with Gasteiger partial charge in [0.25, 0.3) is 6.33 Å². The predicted octanol–water partition coefficient (Wildman–Crippen LogP) is 4.61. The molecule has 1 aromatic heterocycles. The van der Waals surface area contributed by atoms with Crippen molar-refractivity contribution in [3.8, 4) is 0 Å². The summed E-state index contributed by atoms with van der Waals surface area (Å²) in [5, 5.41) is 1.20. The largest absolute Gasteiger partial charge is 0.286 e. The second kappa shape index (κ2) is 11.5. The smallest absolute Gasteiger partial charge is 0.230 e. The van der Waals surface area contributed by atoms with Crippen LogP contribution in [0.2, 0.25) is 0 Å². The molecule has 180 valence electrons. The van der Waals surface area contributed by atoms with E-state index in [1.165, 1.54) is 32.8 Å². The van der Waals surface area contributed by atoms with Gasteiger partial charge in [-0.3, -0.25) is 0 Å². The Bertz CT molecular complexity index is 1370. The molecule has 0 aliphatic rings. The Morgan fingerprint density at radius 1 is 0.514 bits per heavy atom. The van der Waals surface area contributed by atoms with Crippen LogP contribution in [0.25, 0.3) is 10.9 Å². The summed E-state index contributed by atoms with van der Waals surface area (Å²) in [4.78, 5) is 4.15. The SMILES string of the molecule is CC[n+]1cncc2ccccc21.c1ccc([B-](c2ccccc2)(c2ccccc2)c2ccccc2)cc1. The fraction of sp³-hybridized carbons (Fsp3) is 0.0588. The molecule has 6 aromatic rings. The van der Waals surface area contributed by atoms with Crippen molar-refractivity contribution in [2.75, 3.05) is 0 Å². The van der Waals surface area contributed by atoms with Crippen molar-refractivity contribution in [3.05, 3.63) is 158 Å². The van der Waals surface area contributed by atoms with Gasteiger partial charge in [0.1, 0.15) is 11.7 Å². The molecule has 0 spiro atoms. The van der Waals surface area contributed by atoms with Crippen molar-refractivity contribution in [1.82, 2.24) is 4.98 Å². The Balaban J connectivity index is 0.000000195. The zero-order chi connectivity index (χ0) is 25.3. The lowest BCUT2D eigenvalue weighted by molar-refractivity contribution is -0.670. The van der Waals surface area contributed by atoms with Crippen LogP contribution in [-0.2, 0) is 6.54 Å². The first kappa shape index (κ1) is 24.2. The van der Waals surface area contributed by atoms with E-state index in [2.05, 4.69) is 156 Å². The highest BCUT2D eigenvalue weighted by atomic mass is 15.0. The second-order valence-corrected chi connectivity index (χ2v) is 9.25. The molecular weight excluding hydrogens is 447 g/mol. The number of aromatic nitrogens is 2. The zero-order valence-electron chi connectivity index (χ0n) is 21.2. The quantitative estimate of drug-likeness (QED) is 0.261. The molecule has 0 amide bonds. The third-order valence-electron chi connectivity index (χ3n) is 7.20. The van der Waals surface area contributed by atoms with E-state index in [9.17, 15) is 0 Å². The number of nitrogens with zero attached hydrogens (tertiary/aromatic N) is 2. The van der Waals surface area contributed by atoms with Gasteiger partial charge in [-0.15, -0.1) is 0 Å². The average molecular weight is 478 g/mol. The monoisotopic (exact) mass is 478 g/mol. The molecule has 0 aliphatic heterocycles. The Morgan fingerprint density at radius 2 is 0.892 bits per heavy atom. The minimum absolute atomic E-state index is 0.967. The first-order chi connectivity index (χ1) is 18.3. The summed E-state index contributed by atoms with van der Waals surface area (Å²) < 4.78 is 2.13. The molecule has 6 rings (SSSR count). The van der Waals surface area contributed by atoms with Crippen LogP contribution < -0.4 is 26.4 Å². The van der Waals surface area contributed by atoms with Crippen LogP contribution in [0.1, 0.15) is 6.92 Å². The summed E-state index contributed by atoms with van der Waals surface area (Å²) in [5.74, 6) is 0. The minimum Gasteiger partial charge on any atom is -0.230 e. The van der Waals surface area contributed by atoms with Crippen LogP contribution in [0.3, 0.4) is 0 Å². The molecule has 1 heterocycles. The van der Waals surface area contributed by atoms with Gasteiger partial charge >= 0.3 is 0 Å². The van der Waals surface area contributed by atoms with Crippen molar-refractivity contribution >= 4 is 38.9 Å². The Kier molecular flexibility index (Phi) is 7.52. The maximum Gasteiger partial charge on any atom is 0.286 e. The standard InChI is InChI=1S/C24H20B.C10H11N2/c1-5-13-21(14-6-1)25(22-15-7-2-8-16-22,23-17-9-3-10-18-23)24-19-11-4-12-20-24;1-2-12-8-11-7-9-5-3-4-6-10(9)12/h1-20H;3-8H,2H2,1H3/q-1;+1. The highest BCUT2D eigenvalue weighted by Gasteiger charge is 2.31. The Labute approximate surface area is 219 Å². The molecule has 0 unspecified atom stereocenters. The highest BCUT2D eigenvalue weighted by Crippen LogP contribution is 2.09.